The fraction of sp³-hybridized carbons (Fsp3) is 0.500. The second-order valence-electron chi connectivity index (χ2n) is 3.98. The predicted octanol–water partition coefficient (Wildman–Crippen LogP) is 1.84. The van der Waals surface area contributed by atoms with Gasteiger partial charge in [0.25, 0.3) is 0 Å². The lowest BCUT2D eigenvalue weighted by molar-refractivity contribution is -0.144. The van der Waals surface area contributed by atoms with Gasteiger partial charge in [-0.25, -0.2) is 4.79 Å². The van der Waals surface area contributed by atoms with E-state index in [1.54, 1.807) is 12.2 Å². The quantitative estimate of drug-likeness (QED) is 0.492. The van der Waals surface area contributed by atoms with Gasteiger partial charge in [-0.3, -0.25) is 9.59 Å². The highest BCUT2D eigenvalue weighted by molar-refractivity contribution is 8.13. The summed E-state index contributed by atoms with van der Waals surface area (Å²) in [5.74, 6) is -0.650. The zero-order chi connectivity index (χ0) is 15.4. The predicted molar refractivity (Wildman–Crippen MR) is 80.3 cm³/mol. The van der Waals surface area contributed by atoms with Crippen molar-refractivity contribution < 1.29 is 19.1 Å². The molecule has 6 heteroatoms. The van der Waals surface area contributed by atoms with Crippen molar-refractivity contribution in [3.05, 3.63) is 25.3 Å². The molecular weight excluding hydrogens is 278 g/mol. The maximum Gasteiger partial charge on any atom is 0.329 e. The van der Waals surface area contributed by atoms with Gasteiger partial charge in [0, 0.05) is 18.6 Å². The zero-order valence-electron chi connectivity index (χ0n) is 11.7. The van der Waals surface area contributed by atoms with Gasteiger partial charge in [0.05, 0.1) is 7.11 Å². The summed E-state index contributed by atoms with van der Waals surface area (Å²) in [4.78, 5) is 34.6. The Morgan fingerprint density at radius 3 is 2.35 bits per heavy atom. The summed E-state index contributed by atoms with van der Waals surface area (Å²) in [5, 5.41) is 2.52. The summed E-state index contributed by atoms with van der Waals surface area (Å²) >= 11 is 1.01. The molecular formula is C14H21NO4S. The van der Waals surface area contributed by atoms with Gasteiger partial charge in [-0.15, -0.1) is 13.2 Å². The van der Waals surface area contributed by atoms with Crippen LogP contribution in [0.15, 0.2) is 25.3 Å². The van der Waals surface area contributed by atoms with Crippen molar-refractivity contribution in [1.82, 2.24) is 5.32 Å². The monoisotopic (exact) mass is 299 g/mol. The van der Waals surface area contributed by atoms with Crippen molar-refractivity contribution in [2.45, 2.75) is 31.7 Å². The number of carbonyl (C=O) groups is 3. The minimum Gasteiger partial charge on any atom is -0.467 e. The molecule has 0 aliphatic rings. The summed E-state index contributed by atoms with van der Waals surface area (Å²) in [6.07, 6.45) is 5.04. The molecule has 0 radical (unpaired) electrons. The highest BCUT2D eigenvalue weighted by Crippen LogP contribution is 2.10. The number of rotatable bonds is 10. The second kappa shape index (κ2) is 11.3. The Morgan fingerprint density at radius 2 is 1.80 bits per heavy atom. The van der Waals surface area contributed by atoms with Crippen molar-refractivity contribution in [2.75, 3.05) is 12.9 Å². The van der Waals surface area contributed by atoms with E-state index >= 15 is 0 Å². The molecule has 0 saturated heterocycles. The Morgan fingerprint density at radius 1 is 1.20 bits per heavy atom. The molecule has 0 fully saturated rings. The number of nitrogens with one attached hydrogen (secondary N) is 1. The van der Waals surface area contributed by atoms with Crippen LogP contribution in [0.2, 0.25) is 0 Å². The van der Waals surface area contributed by atoms with Crippen LogP contribution < -0.4 is 5.32 Å². The molecule has 0 aromatic heterocycles. The highest BCUT2D eigenvalue weighted by Gasteiger charge is 2.22. The average Bonchev–Trinajstić information content (AvgIpc) is 2.46. The SMILES string of the molecule is C=CCCC(=O)N[C@@H](CSC(=O)CCC=C)C(=O)OC. The van der Waals surface area contributed by atoms with Crippen LogP contribution in [0.5, 0.6) is 0 Å². The van der Waals surface area contributed by atoms with Crippen LogP contribution in [-0.4, -0.2) is 35.9 Å². The fourth-order valence-corrected chi connectivity index (χ4v) is 2.11. The molecule has 0 aromatic carbocycles. The van der Waals surface area contributed by atoms with Gasteiger partial charge in [-0.1, -0.05) is 23.9 Å². The number of hydrogen-bond donors (Lipinski definition) is 1. The summed E-state index contributed by atoms with van der Waals surface area (Å²) < 4.78 is 4.62. The molecule has 0 unspecified atom stereocenters. The molecule has 112 valence electrons. The number of methoxy groups -OCH3 is 1. The Hall–Kier alpha value is -1.56. The van der Waals surface area contributed by atoms with Gasteiger partial charge in [-0.2, -0.15) is 0 Å². The normalized spacial score (nSPS) is 11.2. The lowest BCUT2D eigenvalue weighted by Gasteiger charge is -2.15. The summed E-state index contributed by atoms with van der Waals surface area (Å²) in [7, 11) is 1.25. The molecule has 0 spiro atoms. The number of hydrogen-bond acceptors (Lipinski definition) is 5. The topological polar surface area (TPSA) is 72.5 Å². The average molecular weight is 299 g/mol. The third kappa shape index (κ3) is 8.53. The minimum atomic E-state index is -0.810. The van der Waals surface area contributed by atoms with Crippen LogP contribution >= 0.6 is 11.8 Å². The molecule has 0 heterocycles. The first kappa shape index (κ1) is 18.4. The van der Waals surface area contributed by atoms with Crippen molar-refractivity contribution >= 4 is 28.8 Å². The van der Waals surface area contributed by atoms with Crippen LogP contribution in [0.1, 0.15) is 25.7 Å². The first-order valence-corrected chi connectivity index (χ1v) is 7.28. The smallest absolute Gasteiger partial charge is 0.329 e. The molecule has 1 amide bonds. The van der Waals surface area contributed by atoms with E-state index in [2.05, 4.69) is 23.2 Å². The Labute approximate surface area is 123 Å². The third-order valence-corrected chi connectivity index (χ3v) is 3.39. The number of thioether (sulfide) groups is 1. The van der Waals surface area contributed by atoms with Crippen molar-refractivity contribution in [3.63, 3.8) is 0 Å². The largest absolute Gasteiger partial charge is 0.467 e. The minimum absolute atomic E-state index is 0.0425. The van der Waals surface area contributed by atoms with E-state index in [1.165, 1.54) is 7.11 Å². The second-order valence-corrected chi connectivity index (χ2v) is 5.06. The summed E-state index contributed by atoms with van der Waals surface area (Å²) in [6, 6.07) is -0.810. The Kier molecular flexibility index (Phi) is 10.4. The molecule has 1 N–H and O–H groups in total. The van der Waals surface area contributed by atoms with Gasteiger partial charge in [0.1, 0.15) is 6.04 Å². The maximum absolute atomic E-state index is 11.6. The Balaban J connectivity index is 4.31. The zero-order valence-corrected chi connectivity index (χ0v) is 12.5. The van der Waals surface area contributed by atoms with E-state index in [9.17, 15) is 14.4 Å². The number of esters is 1. The molecule has 0 aliphatic heterocycles. The molecule has 0 aromatic rings. The lowest BCUT2D eigenvalue weighted by atomic mass is 10.2. The van der Waals surface area contributed by atoms with E-state index in [-0.39, 0.29) is 23.2 Å². The van der Waals surface area contributed by atoms with E-state index < -0.39 is 12.0 Å². The van der Waals surface area contributed by atoms with Crippen LogP contribution in [0, 0.1) is 0 Å². The van der Waals surface area contributed by atoms with Crippen molar-refractivity contribution in [3.8, 4) is 0 Å². The van der Waals surface area contributed by atoms with Gasteiger partial charge in [-0.05, 0) is 12.8 Å². The number of amides is 1. The van der Waals surface area contributed by atoms with Crippen LogP contribution in [0.3, 0.4) is 0 Å². The number of carbonyl (C=O) groups excluding carboxylic acids is 3. The van der Waals surface area contributed by atoms with Crippen molar-refractivity contribution in [2.24, 2.45) is 0 Å². The van der Waals surface area contributed by atoms with E-state index in [4.69, 9.17) is 0 Å². The molecule has 5 nitrogen and oxygen atoms in total. The summed E-state index contributed by atoms with van der Waals surface area (Å²) in [6.45, 7) is 7.06. The molecule has 1 atom stereocenters. The summed E-state index contributed by atoms with van der Waals surface area (Å²) in [5.41, 5.74) is 0. The van der Waals surface area contributed by atoms with Gasteiger partial charge in [0.2, 0.25) is 5.91 Å². The maximum atomic E-state index is 11.6. The number of allylic oxidation sites excluding steroid dienone is 2. The van der Waals surface area contributed by atoms with Crippen LogP contribution in [0.25, 0.3) is 0 Å². The van der Waals surface area contributed by atoms with E-state index in [0.29, 0.717) is 19.3 Å². The highest BCUT2D eigenvalue weighted by atomic mass is 32.2. The van der Waals surface area contributed by atoms with E-state index in [1.807, 2.05) is 0 Å². The standard InChI is InChI=1S/C14H21NO4S/c1-4-6-8-12(16)15-11(14(18)19-3)10-20-13(17)9-7-5-2/h4-5,11H,1-2,6-10H2,3H3,(H,15,16)/t11-/m0/s1. The third-order valence-electron chi connectivity index (χ3n) is 2.36. The van der Waals surface area contributed by atoms with Crippen molar-refractivity contribution in [1.29, 1.82) is 0 Å². The van der Waals surface area contributed by atoms with Crippen LogP contribution in [0.4, 0.5) is 0 Å². The molecule has 0 aliphatic carbocycles. The van der Waals surface area contributed by atoms with Gasteiger partial charge >= 0.3 is 5.97 Å². The van der Waals surface area contributed by atoms with Gasteiger partial charge < -0.3 is 10.1 Å². The van der Waals surface area contributed by atoms with Gasteiger partial charge in [0.15, 0.2) is 5.12 Å². The van der Waals surface area contributed by atoms with Crippen LogP contribution in [-0.2, 0) is 19.1 Å². The number of ether oxygens (including phenoxy) is 1. The lowest BCUT2D eigenvalue weighted by Crippen LogP contribution is -2.43. The fourth-order valence-electron chi connectivity index (χ4n) is 1.28. The Bertz CT molecular complexity index is 368. The molecule has 20 heavy (non-hydrogen) atoms. The molecule has 0 rings (SSSR count). The van der Waals surface area contributed by atoms with E-state index in [0.717, 1.165) is 11.8 Å². The molecule has 0 bridgehead atoms. The molecule has 0 saturated carbocycles. The first-order chi connectivity index (χ1) is 9.54. The first-order valence-electron chi connectivity index (χ1n) is 6.29.